The van der Waals surface area contributed by atoms with Crippen LogP contribution in [-0.4, -0.2) is 201 Å². The molecule has 0 bridgehead atoms. The number of halogens is 1. The zero-order valence-corrected chi connectivity index (χ0v) is 34.0. The second-order valence-corrected chi connectivity index (χ2v) is 12.0. The summed E-state index contributed by atoms with van der Waals surface area (Å²) in [6.45, 7) is 13.7. The van der Waals surface area contributed by atoms with Crippen LogP contribution in [0, 0.1) is 0 Å². The van der Waals surface area contributed by atoms with Crippen LogP contribution in [0.1, 0.15) is 44.9 Å². The highest BCUT2D eigenvalue weighted by Crippen LogP contribution is 2.01. The topological polar surface area (TPSA) is 186 Å². The third-order valence-corrected chi connectivity index (χ3v) is 7.26. The Bertz CT molecular complexity index is 777. The fourth-order valence-electron chi connectivity index (χ4n) is 4.10. The smallest absolute Gasteiger partial charge is 0.303 e. The molecule has 0 aromatic heterocycles. The summed E-state index contributed by atoms with van der Waals surface area (Å²) in [6, 6.07) is 0. The van der Waals surface area contributed by atoms with Crippen molar-refractivity contribution in [3.8, 4) is 0 Å². The molecular weight excluding hydrogens is 750 g/mol. The Labute approximate surface area is 333 Å². The van der Waals surface area contributed by atoms with E-state index >= 15 is 0 Å². The predicted octanol–water partition coefficient (Wildman–Crippen LogP) is 2.37. The lowest BCUT2D eigenvalue weighted by Crippen LogP contribution is -2.25. The monoisotopic (exact) mass is 821 g/mol. The fraction of sp³-hybridized carbons (Fsp3) is 0.946. The fourth-order valence-corrected chi connectivity index (χ4v) is 4.29. The number of hydrogen-bond donors (Lipinski definition) is 2. The van der Waals surface area contributed by atoms with Crippen LogP contribution in [0.15, 0.2) is 0 Å². The summed E-state index contributed by atoms with van der Waals surface area (Å²) < 4.78 is 71.2. The third kappa shape index (κ3) is 50.7. The molecule has 0 aliphatic rings. The van der Waals surface area contributed by atoms with Gasteiger partial charge >= 0.3 is 5.97 Å². The van der Waals surface area contributed by atoms with Crippen molar-refractivity contribution >= 4 is 23.5 Å². The number of carboxylic acid groups (broad SMARTS) is 1. The summed E-state index contributed by atoms with van der Waals surface area (Å²) in [6.07, 6.45) is 4.94. The number of alkyl halides is 1. The van der Waals surface area contributed by atoms with Gasteiger partial charge in [0.1, 0.15) is 0 Å². The van der Waals surface area contributed by atoms with E-state index in [1.54, 1.807) is 0 Å². The second-order valence-electron chi connectivity index (χ2n) is 11.7. The molecule has 0 aliphatic heterocycles. The van der Waals surface area contributed by atoms with Crippen molar-refractivity contribution < 1.29 is 76.3 Å². The van der Waals surface area contributed by atoms with E-state index in [0.29, 0.717) is 178 Å². The summed E-state index contributed by atoms with van der Waals surface area (Å²) in [5, 5.41) is 11.2. The number of carbonyl (C=O) groups excluding carboxylic acids is 1. The van der Waals surface area contributed by atoms with E-state index < -0.39 is 5.97 Å². The van der Waals surface area contributed by atoms with Gasteiger partial charge in [0.15, 0.2) is 0 Å². The highest BCUT2D eigenvalue weighted by molar-refractivity contribution is 6.17. The second kappa shape index (κ2) is 48.9. The van der Waals surface area contributed by atoms with Crippen molar-refractivity contribution in [2.75, 3.05) is 184 Å². The first-order valence-electron chi connectivity index (χ1n) is 19.7. The molecule has 0 atom stereocenters. The average molecular weight is 822 g/mol. The van der Waals surface area contributed by atoms with Crippen molar-refractivity contribution in [3.63, 3.8) is 0 Å². The van der Waals surface area contributed by atoms with Gasteiger partial charge in [-0.3, -0.25) is 9.59 Å². The number of hydrogen-bond acceptors (Lipinski definition) is 15. The SMILES string of the molecule is O=C(O)CCC(=O)NCCCOCCOCCOCCOCCOCCOCCOCCOCCOCCOCCOCCOCCOCCCCCCCl. The number of unbranched alkanes of at least 4 members (excludes halogenated alkanes) is 3. The Kier molecular flexibility index (Phi) is 47.7. The molecule has 0 aromatic rings. The quantitative estimate of drug-likeness (QED) is 0.0673. The molecule has 0 aliphatic carbocycles. The Balaban J connectivity index is 3.08. The van der Waals surface area contributed by atoms with Crippen molar-refractivity contribution in [3.05, 3.63) is 0 Å². The van der Waals surface area contributed by atoms with Crippen LogP contribution in [0.5, 0.6) is 0 Å². The van der Waals surface area contributed by atoms with E-state index in [0.717, 1.165) is 38.2 Å². The van der Waals surface area contributed by atoms with E-state index in [9.17, 15) is 9.59 Å². The standard InChI is InChI=1S/C37H72ClNO16/c38-8-3-1-2-4-10-43-12-14-45-16-18-47-20-22-49-24-26-51-28-30-53-32-34-55-35-33-54-31-29-52-27-25-50-23-21-48-19-17-46-15-13-44-11-5-9-39-36(40)6-7-37(41)42/h1-35H2,(H,39,40)(H,41,42). The molecule has 0 fully saturated rings. The molecule has 0 spiro atoms. The van der Waals surface area contributed by atoms with E-state index in [2.05, 4.69) is 5.32 Å². The van der Waals surface area contributed by atoms with Crippen LogP contribution in [0.3, 0.4) is 0 Å². The molecule has 17 nitrogen and oxygen atoms in total. The lowest BCUT2D eigenvalue weighted by molar-refractivity contribution is -0.138. The molecule has 1 amide bonds. The van der Waals surface area contributed by atoms with Gasteiger partial charge in [-0.25, -0.2) is 0 Å². The zero-order valence-electron chi connectivity index (χ0n) is 33.2. The molecule has 0 heterocycles. The van der Waals surface area contributed by atoms with Crippen molar-refractivity contribution in [1.29, 1.82) is 0 Å². The van der Waals surface area contributed by atoms with Crippen LogP contribution in [0.4, 0.5) is 0 Å². The predicted molar refractivity (Wildman–Crippen MR) is 204 cm³/mol. The summed E-state index contributed by atoms with van der Waals surface area (Å²) in [5.74, 6) is -0.515. The Morgan fingerprint density at radius 1 is 0.345 bits per heavy atom. The normalized spacial score (nSPS) is 11.4. The van der Waals surface area contributed by atoms with Gasteiger partial charge in [0.2, 0.25) is 5.91 Å². The van der Waals surface area contributed by atoms with Crippen molar-refractivity contribution in [2.45, 2.75) is 44.9 Å². The first-order chi connectivity index (χ1) is 27.2. The molecule has 328 valence electrons. The number of aliphatic carboxylic acids is 1. The zero-order chi connectivity index (χ0) is 39.8. The molecule has 0 aromatic carbocycles. The number of amides is 1. The molecule has 2 N–H and O–H groups in total. The van der Waals surface area contributed by atoms with Gasteiger partial charge < -0.3 is 72.0 Å². The minimum atomic E-state index is -0.984. The Hall–Kier alpha value is -1.29. The summed E-state index contributed by atoms with van der Waals surface area (Å²) in [7, 11) is 0. The minimum absolute atomic E-state index is 0.0119. The third-order valence-electron chi connectivity index (χ3n) is 6.99. The number of ether oxygens (including phenoxy) is 13. The Morgan fingerprint density at radius 3 is 0.873 bits per heavy atom. The summed E-state index contributed by atoms with van der Waals surface area (Å²) in [4.78, 5) is 21.8. The van der Waals surface area contributed by atoms with Gasteiger partial charge in [-0.05, 0) is 19.3 Å². The summed E-state index contributed by atoms with van der Waals surface area (Å²) >= 11 is 5.66. The maximum absolute atomic E-state index is 11.4. The molecule has 0 saturated heterocycles. The number of carbonyl (C=O) groups is 2. The highest BCUT2D eigenvalue weighted by atomic mass is 35.5. The molecule has 18 heteroatoms. The van der Waals surface area contributed by atoms with Crippen LogP contribution in [0.25, 0.3) is 0 Å². The van der Waals surface area contributed by atoms with Gasteiger partial charge in [0, 0.05) is 32.1 Å². The first-order valence-corrected chi connectivity index (χ1v) is 20.2. The molecular formula is C37H72ClNO16. The molecule has 0 radical (unpaired) electrons. The van der Waals surface area contributed by atoms with Gasteiger partial charge in [0.05, 0.1) is 165 Å². The Morgan fingerprint density at radius 2 is 0.600 bits per heavy atom. The molecule has 0 saturated carbocycles. The van der Waals surface area contributed by atoms with Gasteiger partial charge in [-0.1, -0.05) is 12.8 Å². The van der Waals surface area contributed by atoms with Crippen LogP contribution in [0.2, 0.25) is 0 Å². The number of nitrogens with one attached hydrogen (secondary N) is 1. The van der Waals surface area contributed by atoms with E-state index in [1.807, 2.05) is 0 Å². The van der Waals surface area contributed by atoms with E-state index in [4.69, 9.17) is 78.3 Å². The molecule has 0 rings (SSSR count). The lowest BCUT2D eigenvalue weighted by atomic mass is 10.2. The maximum Gasteiger partial charge on any atom is 0.303 e. The summed E-state index contributed by atoms with van der Waals surface area (Å²) in [5.41, 5.74) is 0. The number of carboxylic acids is 1. The minimum Gasteiger partial charge on any atom is -0.481 e. The van der Waals surface area contributed by atoms with Crippen LogP contribution in [-0.2, 0) is 71.2 Å². The van der Waals surface area contributed by atoms with Gasteiger partial charge in [0.25, 0.3) is 0 Å². The molecule has 55 heavy (non-hydrogen) atoms. The van der Waals surface area contributed by atoms with E-state index in [-0.39, 0.29) is 18.7 Å². The van der Waals surface area contributed by atoms with Crippen molar-refractivity contribution in [2.24, 2.45) is 0 Å². The van der Waals surface area contributed by atoms with Gasteiger partial charge in [-0.15, -0.1) is 11.6 Å². The van der Waals surface area contributed by atoms with Crippen LogP contribution < -0.4 is 5.32 Å². The first kappa shape index (κ1) is 53.7. The largest absolute Gasteiger partial charge is 0.481 e. The van der Waals surface area contributed by atoms with Gasteiger partial charge in [-0.2, -0.15) is 0 Å². The average Bonchev–Trinajstić information content (AvgIpc) is 3.18. The maximum atomic E-state index is 11.4. The highest BCUT2D eigenvalue weighted by Gasteiger charge is 2.04. The lowest BCUT2D eigenvalue weighted by Gasteiger charge is -2.09. The molecule has 0 unspecified atom stereocenters. The number of rotatable bonds is 49. The van der Waals surface area contributed by atoms with Crippen LogP contribution >= 0.6 is 11.6 Å². The van der Waals surface area contributed by atoms with E-state index in [1.165, 1.54) is 0 Å². The van der Waals surface area contributed by atoms with Crippen molar-refractivity contribution in [1.82, 2.24) is 5.32 Å².